The Morgan fingerprint density at radius 1 is 1.50 bits per heavy atom. The van der Waals surface area contributed by atoms with Gasteiger partial charge in [-0.2, -0.15) is 0 Å². The van der Waals surface area contributed by atoms with Gasteiger partial charge in [-0.3, -0.25) is 4.79 Å². The van der Waals surface area contributed by atoms with Gasteiger partial charge in [0.2, 0.25) is 5.91 Å². The summed E-state index contributed by atoms with van der Waals surface area (Å²) in [5.41, 5.74) is 6.91. The summed E-state index contributed by atoms with van der Waals surface area (Å²) in [5, 5.41) is 4.06. The number of aromatic nitrogens is 1. The summed E-state index contributed by atoms with van der Waals surface area (Å²) >= 11 is 1.55. The molecule has 1 amide bonds. The van der Waals surface area contributed by atoms with Crippen LogP contribution in [0.15, 0.2) is 17.2 Å². The molecule has 4 nitrogen and oxygen atoms in total. The normalized spacial score (nSPS) is 14.2. The second-order valence-electron chi connectivity index (χ2n) is 4.64. The fourth-order valence-electron chi connectivity index (χ4n) is 1.70. The molecule has 0 saturated carbocycles. The van der Waals surface area contributed by atoms with Gasteiger partial charge in [0.05, 0.1) is 5.03 Å². The zero-order chi connectivity index (χ0) is 13.8. The van der Waals surface area contributed by atoms with E-state index in [1.165, 1.54) is 5.56 Å². The first kappa shape index (κ1) is 15.0. The van der Waals surface area contributed by atoms with Crippen molar-refractivity contribution in [2.45, 2.75) is 38.3 Å². The van der Waals surface area contributed by atoms with Gasteiger partial charge in [-0.1, -0.05) is 6.92 Å². The van der Waals surface area contributed by atoms with Crippen molar-refractivity contribution < 1.29 is 4.79 Å². The largest absolute Gasteiger partial charge is 0.368 e. The molecule has 1 unspecified atom stereocenters. The molecule has 0 saturated heterocycles. The number of aryl methyl sites for hydroxylation is 2. The molecule has 100 valence electrons. The number of hydrogen-bond donors (Lipinski definition) is 2. The highest BCUT2D eigenvalue weighted by atomic mass is 32.2. The minimum Gasteiger partial charge on any atom is -0.368 e. The zero-order valence-electron chi connectivity index (χ0n) is 11.4. The van der Waals surface area contributed by atoms with Crippen LogP contribution in [0.4, 0.5) is 0 Å². The fraction of sp³-hybridized carbons (Fsp3) is 0.538. The number of pyridine rings is 1. The van der Waals surface area contributed by atoms with Gasteiger partial charge in [-0.05, 0) is 45.0 Å². The van der Waals surface area contributed by atoms with Crippen molar-refractivity contribution in [1.29, 1.82) is 0 Å². The minimum atomic E-state index is -0.696. The van der Waals surface area contributed by atoms with Crippen LogP contribution in [0.2, 0.25) is 0 Å². The first-order valence-electron chi connectivity index (χ1n) is 6.00. The molecule has 0 aliphatic rings. The van der Waals surface area contributed by atoms with Gasteiger partial charge in [0.1, 0.15) is 5.54 Å². The average molecular weight is 267 g/mol. The van der Waals surface area contributed by atoms with E-state index in [1.54, 1.807) is 11.8 Å². The molecule has 1 aromatic rings. The molecule has 0 bridgehead atoms. The van der Waals surface area contributed by atoms with Crippen molar-refractivity contribution in [3.8, 4) is 0 Å². The highest BCUT2D eigenvalue weighted by Gasteiger charge is 2.30. The van der Waals surface area contributed by atoms with E-state index in [1.807, 2.05) is 39.8 Å². The number of likely N-dealkylation sites (N-methyl/N-ethyl adjacent to an activating group) is 1. The van der Waals surface area contributed by atoms with E-state index in [0.29, 0.717) is 12.3 Å². The van der Waals surface area contributed by atoms with Crippen LogP contribution in [0, 0.1) is 13.8 Å². The number of nitrogens with one attached hydrogen (secondary N) is 1. The summed E-state index contributed by atoms with van der Waals surface area (Å²) in [7, 11) is 0. The van der Waals surface area contributed by atoms with Gasteiger partial charge >= 0.3 is 0 Å². The molecule has 1 rings (SSSR count). The van der Waals surface area contributed by atoms with E-state index in [0.717, 1.165) is 10.7 Å². The Morgan fingerprint density at radius 2 is 2.17 bits per heavy atom. The highest BCUT2D eigenvalue weighted by molar-refractivity contribution is 7.99. The lowest BCUT2D eigenvalue weighted by Crippen LogP contribution is -2.55. The summed E-state index contributed by atoms with van der Waals surface area (Å²) in [4.78, 5) is 15.9. The van der Waals surface area contributed by atoms with Crippen LogP contribution < -0.4 is 11.1 Å². The molecule has 0 radical (unpaired) electrons. The number of rotatable bonds is 6. The predicted octanol–water partition coefficient (Wildman–Crippen LogP) is 1.64. The van der Waals surface area contributed by atoms with Gasteiger partial charge in [-0.15, -0.1) is 11.8 Å². The van der Waals surface area contributed by atoms with Crippen LogP contribution in [0.5, 0.6) is 0 Å². The minimum absolute atomic E-state index is 0.332. The first-order chi connectivity index (χ1) is 8.37. The Hall–Kier alpha value is -1.07. The van der Waals surface area contributed by atoms with E-state index in [9.17, 15) is 4.79 Å². The maximum absolute atomic E-state index is 11.5. The van der Waals surface area contributed by atoms with Crippen LogP contribution in [0.3, 0.4) is 0 Å². The fourth-order valence-corrected chi connectivity index (χ4v) is 2.85. The first-order valence-corrected chi connectivity index (χ1v) is 6.99. The maximum Gasteiger partial charge on any atom is 0.238 e. The number of hydrogen-bond acceptors (Lipinski definition) is 4. The second kappa shape index (κ2) is 6.20. The maximum atomic E-state index is 11.5. The lowest BCUT2D eigenvalue weighted by Gasteiger charge is -2.26. The number of amides is 1. The van der Waals surface area contributed by atoms with E-state index >= 15 is 0 Å². The monoisotopic (exact) mass is 267 g/mol. The Labute approximate surface area is 113 Å². The van der Waals surface area contributed by atoms with Crippen molar-refractivity contribution in [2.75, 3.05) is 12.3 Å². The molecule has 5 heteroatoms. The van der Waals surface area contributed by atoms with Gasteiger partial charge in [0, 0.05) is 11.4 Å². The van der Waals surface area contributed by atoms with Crippen LogP contribution in [0.25, 0.3) is 0 Å². The summed E-state index contributed by atoms with van der Waals surface area (Å²) in [6, 6.07) is 4.05. The van der Waals surface area contributed by atoms with Gasteiger partial charge in [-0.25, -0.2) is 4.98 Å². The predicted molar refractivity (Wildman–Crippen MR) is 75.7 cm³/mol. The number of nitrogens with two attached hydrogens (primary N) is 1. The molecule has 1 heterocycles. The molecular weight excluding hydrogens is 246 g/mol. The Bertz CT molecular complexity index is 416. The lowest BCUT2D eigenvalue weighted by atomic mass is 10.1. The number of primary amides is 1. The summed E-state index contributed by atoms with van der Waals surface area (Å²) < 4.78 is 0. The standard InChI is InChI=1S/C13H21N3OS/c1-5-15-13(4,12(14)17)8-18-11-7-9(2)6-10(3)16-11/h6-7,15H,5,8H2,1-4H3,(H2,14,17). The molecule has 0 spiro atoms. The molecule has 3 N–H and O–H groups in total. The van der Waals surface area contributed by atoms with Gasteiger partial charge < -0.3 is 11.1 Å². The number of carbonyl (C=O) groups is 1. The van der Waals surface area contributed by atoms with Gasteiger partial charge in [0.15, 0.2) is 0 Å². The van der Waals surface area contributed by atoms with Crippen molar-refractivity contribution in [2.24, 2.45) is 5.73 Å². The van der Waals surface area contributed by atoms with Gasteiger partial charge in [0.25, 0.3) is 0 Å². The van der Waals surface area contributed by atoms with Crippen LogP contribution in [-0.4, -0.2) is 28.7 Å². The summed E-state index contributed by atoms with van der Waals surface area (Å²) in [6.07, 6.45) is 0. The quantitative estimate of drug-likeness (QED) is 0.769. The van der Waals surface area contributed by atoms with E-state index in [-0.39, 0.29) is 5.91 Å². The lowest BCUT2D eigenvalue weighted by molar-refractivity contribution is -0.122. The Kier molecular flexibility index (Phi) is 5.16. The smallest absolute Gasteiger partial charge is 0.238 e. The third-order valence-electron chi connectivity index (χ3n) is 2.69. The number of thioether (sulfide) groups is 1. The van der Waals surface area contributed by atoms with Crippen molar-refractivity contribution in [1.82, 2.24) is 10.3 Å². The molecule has 0 aromatic carbocycles. The van der Waals surface area contributed by atoms with Crippen molar-refractivity contribution in [3.05, 3.63) is 23.4 Å². The molecule has 1 aromatic heterocycles. The Balaban J connectivity index is 2.76. The molecule has 0 fully saturated rings. The van der Waals surface area contributed by atoms with Crippen molar-refractivity contribution in [3.63, 3.8) is 0 Å². The molecular formula is C13H21N3OS. The SMILES string of the molecule is CCNC(C)(CSc1cc(C)cc(C)n1)C(N)=O. The number of nitrogens with zero attached hydrogens (tertiary/aromatic N) is 1. The average Bonchev–Trinajstić information content (AvgIpc) is 2.25. The highest BCUT2D eigenvalue weighted by Crippen LogP contribution is 2.22. The molecule has 1 atom stereocenters. The molecule has 0 aliphatic carbocycles. The topological polar surface area (TPSA) is 68.0 Å². The van der Waals surface area contributed by atoms with Crippen LogP contribution in [-0.2, 0) is 4.79 Å². The molecule has 0 aliphatic heterocycles. The van der Waals surface area contributed by atoms with E-state index in [4.69, 9.17) is 5.73 Å². The third-order valence-corrected chi connectivity index (χ3v) is 3.92. The molecule has 18 heavy (non-hydrogen) atoms. The summed E-state index contributed by atoms with van der Waals surface area (Å²) in [5.74, 6) is 0.243. The van der Waals surface area contributed by atoms with E-state index in [2.05, 4.69) is 10.3 Å². The van der Waals surface area contributed by atoms with Crippen LogP contribution in [0.1, 0.15) is 25.1 Å². The third kappa shape index (κ3) is 3.99. The summed E-state index contributed by atoms with van der Waals surface area (Å²) in [6.45, 7) is 8.50. The Morgan fingerprint density at radius 3 is 2.67 bits per heavy atom. The zero-order valence-corrected chi connectivity index (χ0v) is 12.2. The van der Waals surface area contributed by atoms with Crippen molar-refractivity contribution >= 4 is 17.7 Å². The van der Waals surface area contributed by atoms with E-state index < -0.39 is 5.54 Å². The second-order valence-corrected chi connectivity index (χ2v) is 5.64. The van der Waals surface area contributed by atoms with Crippen LogP contribution >= 0.6 is 11.8 Å². The number of carbonyl (C=O) groups excluding carboxylic acids is 1.